The summed E-state index contributed by atoms with van der Waals surface area (Å²) in [6.45, 7) is 6.95. The smallest absolute Gasteiger partial charge is 0.459 e. The Labute approximate surface area is 368 Å². The van der Waals surface area contributed by atoms with Gasteiger partial charge in [-0.05, 0) is 137 Å². The van der Waals surface area contributed by atoms with Crippen LogP contribution in [0.5, 0.6) is 5.75 Å². The Morgan fingerprint density at radius 1 is 0.841 bits per heavy atom. The van der Waals surface area contributed by atoms with Crippen LogP contribution < -0.4 is 14.9 Å². The lowest BCUT2D eigenvalue weighted by Crippen LogP contribution is -2.50. The minimum Gasteiger partial charge on any atom is -0.468 e. The van der Waals surface area contributed by atoms with Crippen LogP contribution in [0.15, 0.2) is 48.8 Å². The Bertz CT molecular complexity index is 2120. The van der Waals surface area contributed by atoms with Gasteiger partial charge in [0.15, 0.2) is 18.0 Å². The number of para-hydroxylation sites is 1. The SMILES string of the molecule is COC(=O)[C@H](C)N[P@](=O)(OC[C@@]1(C)O[C@@H](c2ccc3c(NC(=O)C4CCN(C)CC4)ncnn23)[C@H](OC(=O)C2CCN(C)CC2)[C@@H]1OC(=O)C1CCN(C)CC1)Oc1ccccc1. The molecule has 4 aliphatic rings. The van der Waals surface area contributed by atoms with Crippen LogP contribution in [-0.2, 0) is 47.2 Å². The summed E-state index contributed by atoms with van der Waals surface area (Å²) < 4.78 is 53.1. The molecule has 0 radical (unpaired) electrons. The van der Waals surface area contributed by atoms with E-state index in [0.29, 0.717) is 68.9 Å². The van der Waals surface area contributed by atoms with Crippen molar-refractivity contribution < 1.29 is 51.7 Å². The summed E-state index contributed by atoms with van der Waals surface area (Å²) in [7, 11) is 2.79. The number of amides is 1. The lowest BCUT2D eigenvalue weighted by atomic mass is 9.93. The molecular formula is C43H61N8O11P. The van der Waals surface area contributed by atoms with Gasteiger partial charge in [-0.25, -0.2) is 14.1 Å². The van der Waals surface area contributed by atoms with Crippen LogP contribution in [0.1, 0.15) is 64.2 Å². The maximum atomic E-state index is 14.7. The van der Waals surface area contributed by atoms with Gasteiger partial charge in [0.2, 0.25) is 5.91 Å². The number of methoxy groups -OCH3 is 1. The lowest BCUT2D eigenvalue weighted by Gasteiger charge is -2.35. The number of ether oxygens (including phenoxy) is 4. The van der Waals surface area contributed by atoms with E-state index in [-0.39, 0.29) is 17.6 Å². The summed E-state index contributed by atoms with van der Waals surface area (Å²) >= 11 is 0. The van der Waals surface area contributed by atoms with Gasteiger partial charge >= 0.3 is 25.7 Å². The van der Waals surface area contributed by atoms with Crippen molar-refractivity contribution in [2.24, 2.45) is 17.8 Å². The molecule has 2 aromatic heterocycles. The predicted molar refractivity (Wildman–Crippen MR) is 230 cm³/mol. The molecular weight excluding hydrogens is 835 g/mol. The first-order valence-corrected chi connectivity index (χ1v) is 23.3. The Kier molecular flexibility index (Phi) is 14.9. The number of likely N-dealkylation sites (tertiary alicyclic amines) is 3. The summed E-state index contributed by atoms with van der Waals surface area (Å²) in [6.07, 6.45) is 1.33. The number of aromatic nitrogens is 3. The highest BCUT2D eigenvalue weighted by Gasteiger charge is 2.59. The molecule has 1 aromatic carbocycles. The highest BCUT2D eigenvalue weighted by atomic mass is 31.2. The topological polar surface area (TPSA) is 205 Å². The number of hydrogen-bond acceptors (Lipinski definition) is 16. The van der Waals surface area contributed by atoms with Crippen molar-refractivity contribution >= 4 is 42.9 Å². The molecule has 0 aliphatic carbocycles. The fourth-order valence-corrected chi connectivity index (χ4v) is 10.3. The van der Waals surface area contributed by atoms with E-state index < -0.39 is 74.1 Å². The number of nitrogens with zero attached hydrogens (tertiary/aromatic N) is 6. The van der Waals surface area contributed by atoms with Crippen molar-refractivity contribution in [1.82, 2.24) is 34.4 Å². The zero-order chi connectivity index (χ0) is 44.9. The van der Waals surface area contributed by atoms with Gasteiger partial charge in [0.05, 0.1) is 31.2 Å². The molecule has 4 saturated heterocycles. The number of nitrogens with one attached hydrogen (secondary N) is 2. The van der Waals surface area contributed by atoms with Gasteiger partial charge < -0.3 is 43.5 Å². The van der Waals surface area contributed by atoms with Gasteiger partial charge in [0.1, 0.15) is 35.3 Å². The zero-order valence-electron chi connectivity index (χ0n) is 37.0. The number of fused-ring (bicyclic) bond motifs is 1. The maximum absolute atomic E-state index is 14.7. The third-order valence-corrected chi connectivity index (χ3v) is 14.3. The molecule has 3 aromatic rings. The molecule has 63 heavy (non-hydrogen) atoms. The summed E-state index contributed by atoms with van der Waals surface area (Å²) in [5, 5.41) is 10.2. The molecule has 0 spiro atoms. The average Bonchev–Trinajstić information content (AvgIpc) is 3.82. The molecule has 4 fully saturated rings. The third-order valence-electron chi connectivity index (χ3n) is 12.7. The number of benzene rings is 1. The minimum absolute atomic E-state index is 0.142. The molecule has 20 heteroatoms. The number of carbonyl (C=O) groups is 4. The standard InChI is InChI=1S/C43H61N8O11P/c1-28(40(53)57-6)47-63(56,62-32-10-8-7-9-11-32)58-26-43(2)37(60-42(55)31-18-24-50(5)25-19-31)36(59-41(54)30-16-22-49(4)23-17-30)35(61-43)33-12-13-34-38(44-27-45-51(33)34)46-39(52)29-14-20-48(3)21-15-29/h7-13,27-31,35-37H,14-26H2,1-6H3,(H,47,56)(H,44,45,46,52)/t28-,35-,36-,37-,43+,63-/m0/s1. The van der Waals surface area contributed by atoms with Crippen LogP contribution >= 0.6 is 7.75 Å². The summed E-state index contributed by atoms with van der Waals surface area (Å²) in [5.74, 6) is -2.39. The van der Waals surface area contributed by atoms with Gasteiger partial charge in [0, 0.05) is 5.92 Å². The molecule has 6 heterocycles. The van der Waals surface area contributed by atoms with E-state index in [1.807, 2.05) is 21.1 Å². The fourth-order valence-electron chi connectivity index (χ4n) is 8.68. The van der Waals surface area contributed by atoms with Crippen molar-refractivity contribution in [3.05, 3.63) is 54.5 Å². The molecule has 2 N–H and O–H groups in total. The maximum Gasteiger partial charge on any atom is 0.459 e. The van der Waals surface area contributed by atoms with Crippen LogP contribution in [0.4, 0.5) is 5.82 Å². The first-order valence-electron chi connectivity index (χ1n) is 21.8. The summed E-state index contributed by atoms with van der Waals surface area (Å²) in [4.78, 5) is 65.4. The van der Waals surface area contributed by atoms with E-state index in [0.717, 1.165) is 25.9 Å². The Balaban J connectivity index is 1.25. The largest absolute Gasteiger partial charge is 0.468 e. The van der Waals surface area contributed by atoms with Crippen LogP contribution in [0.2, 0.25) is 0 Å². The first-order chi connectivity index (χ1) is 30.1. The van der Waals surface area contributed by atoms with Crippen molar-refractivity contribution in [3.8, 4) is 5.75 Å². The fraction of sp³-hybridized carbons (Fsp3) is 0.628. The summed E-state index contributed by atoms with van der Waals surface area (Å²) in [6, 6.07) is 10.7. The predicted octanol–water partition coefficient (Wildman–Crippen LogP) is 3.70. The molecule has 0 bridgehead atoms. The molecule has 0 unspecified atom stereocenters. The van der Waals surface area contributed by atoms with Gasteiger partial charge in [-0.1, -0.05) is 18.2 Å². The summed E-state index contributed by atoms with van der Waals surface area (Å²) in [5.41, 5.74) is -0.782. The Morgan fingerprint density at radius 2 is 1.41 bits per heavy atom. The normalized spacial score (nSPS) is 26.2. The van der Waals surface area contributed by atoms with Gasteiger partial charge in [-0.15, -0.1) is 0 Å². The van der Waals surface area contributed by atoms with Crippen molar-refractivity contribution in [1.29, 1.82) is 0 Å². The van der Waals surface area contributed by atoms with Crippen molar-refractivity contribution in [3.63, 3.8) is 0 Å². The Morgan fingerprint density at radius 3 is 2.00 bits per heavy atom. The number of esters is 3. The monoisotopic (exact) mass is 896 g/mol. The molecule has 19 nitrogen and oxygen atoms in total. The van der Waals surface area contributed by atoms with Crippen LogP contribution in [-0.4, -0.2) is 151 Å². The average molecular weight is 897 g/mol. The molecule has 1 amide bonds. The minimum atomic E-state index is -4.44. The highest BCUT2D eigenvalue weighted by Crippen LogP contribution is 2.50. The van der Waals surface area contributed by atoms with Gasteiger partial charge in [0.25, 0.3) is 0 Å². The quantitative estimate of drug-likeness (QED) is 0.127. The van der Waals surface area contributed by atoms with Gasteiger partial charge in [-0.3, -0.25) is 23.7 Å². The van der Waals surface area contributed by atoms with E-state index in [1.165, 1.54) is 20.4 Å². The molecule has 4 aliphatic heterocycles. The van der Waals surface area contributed by atoms with E-state index in [4.69, 9.17) is 28.0 Å². The van der Waals surface area contributed by atoms with E-state index in [1.54, 1.807) is 53.9 Å². The van der Waals surface area contributed by atoms with E-state index >= 15 is 0 Å². The van der Waals surface area contributed by atoms with Gasteiger partial charge in [-0.2, -0.15) is 10.2 Å². The number of carbonyl (C=O) groups excluding carboxylic acids is 4. The van der Waals surface area contributed by atoms with Crippen LogP contribution in [0.3, 0.4) is 0 Å². The number of rotatable bonds is 15. The second-order valence-electron chi connectivity index (χ2n) is 17.5. The Hall–Kier alpha value is -4.49. The van der Waals surface area contributed by atoms with E-state index in [2.05, 4.69) is 35.2 Å². The molecule has 7 rings (SSSR count). The first kappa shape index (κ1) is 46.5. The molecule has 344 valence electrons. The van der Waals surface area contributed by atoms with Crippen LogP contribution in [0.25, 0.3) is 5.52 Å². The molecule has 6 atom stereocenters. The number of anilines is 1. The van der Waals surface area contributed by atoms with Crippen LogP contribution in [0, 0.1) is 17.8 Å². The number of hydrogen-bond donors (Lipinski definition) is 2. The molecule has 0 saturated carbocycles. The lowest BCUT2D eigenvalue weighted by molar-refractivity contribution is -0.178. The second-order valence-corrected chi connectivity index (χ2v) is 19.2. The zero-order valence-corrected chi connectivity index (χ0v) is 37.9. The van der Waals surface area contributed by atoms with E-state index in [9.17, 15) is 23.7 Å². The highest BCUT2D eigenvalue weighted by molar-refractivity contribution is 7.52. The van der Waals surface area contributed by atoms with Crippen molar-refractivity contribution in [2.75, 3.05) is 79.4 Å². The van der Waals surface area contributed by atoms with Crippen molar-refractivity contribution in [2.45, 2.75) is 82.3 Å². The number of piperidine rings is 3. The third kappa shape index (κ3) is 11.1. The second kappa shape index (κ2) is 20.1.